The highest BCUT2D eigenvalue weighted by Gasteiger charge is 2.30. The number of benzene rings is 2. The van der Waals surface area contributed by atoms with Crippen molar-refractivity contribution in [2.75, 3.05) is 19.7 Å². The van der Waals surface area contributed by atoms with Gasteiger partial charge < -0.3 is 14.4 Å². The summed E-state index contributed by atoms with van der Waals surface area (Å²) in [5, 5.41) is 1.14. The van der Waals surface area contributed by atoms with Crippen LogP contribution in [0.25, 0.3) is 22.0 Å². The predicted molar refractivity (Wildman–Crippen MR) is 135 cm³/mol. The molecule has 3 heterocycles. The first-order chi connectivity index (χ1) is 15.3. The SMILES string of the molecule is Cl.Cl.O=C(C1CCCCO1)N1CCC(Oc2ccc(-c3cnc4ccccc4c3)cc2)CC1. The molecule has 5 rings (SSSR count). The Bertz CT molecular complexity index is 1050. The molecule has 1 amide bonds. The Labute approximate surface area is 207 Å². The number of para-hydroxylation sites is 1. The van der Waals surface area contributed by atoms with E-state index in [9.17, 15) is 4.79 Å². The second kappa shape index (κ2) is 11.7. The first-order valence-electron chi connectivity index (χ1n) is 11.3. The maximum absolute atomic E-state index is 12.6. The number of piperidine rings is 1. The highest BCUT2D eigenvalue weighted by atomic mass is 35.5. The van der Waals surface area contributed by atoms with Crippen LogP contribution in [0, 0.1) is 0 Å². The van der Waals surface area contributed by atoms with E-state index < -0.39 is 0 Å². The van der Waals surface area contributed by atoms with Gasteiger partial charge in [0.15, 0.2) is 0 Å². The number of fused-ring (bicyclic) bond motifs is 1. The van der Waals surface area contributed by atoms with E-state index in [1.165, 1.54) is 0 Å². The van der Waals surface area contributed by atoms with Crippen LogP contribution in [0.5, 0.6) is 5.75 Å². The number of nitrogens with zero attached hydrogens (tertiary/aromatic N) is 2. The van der Waals surface area contributed by atoms with Crippen molar-refractivity contribution in [1.82, 2.24) is 9.88 Å². The molecule has 0 N–H and O–H groups in total. The van der Waals surface area contributed by atoms with Gasteiger partial charge in [0.05, 0.1) is 5.52 Å². The van der Waals surface area contributed by atoms with Gasteiger partial charge in [0.1, 0.15) is 18.0 Å². The molecule has 3 aromatic rings. The molecule has 0 radical (unpaired) electrons. The number of hydrogen-bond donors (Lipinski definition) is 0. The van der Waals surface area contributed by atoms with E-state index in [1.54, 1.807) is 0 Å². The normalized spacial score (nSPS) is 18.8. The van der Waals surface area contributed by atoms with Crippen LogP contribution >= 0.6 is 24.8 Å². The van der Waals surface area contributed by atoms with Crippen LogP contribution in [0.1, 0.15) is 32.1 Å². The molecule has 0 bridgehead atoms. The van der Waals surface area contributed by atoms with E-state index in [1.807, 2.05) is 41.4 Å². The predicted octanol–water partition coefficient (Wildman–Crippen LogP) is 5.68. The summed E-state index contributed by atoms with van der Waals surface area (Å²) in [4.78, 5) is 19.1. The zero-order chi connectivity index (χ0) is 21.0. The number of halogens is 2. The van der Waals surface area contributed by atoms with Gasteiger partial charge in [-0.15, -0.1) is 24.8 Å². The smallest absolute Gasteiger partial charge is 0.251 e. The minimum atomic E-state index is -0.233. The molecule has 0 spiro atoms. The Balaban J connectivity index is 0.00000153. The number of likely N-dealkylation sites (tertiary alicyclic amines) is 1. The molecule has 2 aliphatic rings. The van der Waals surface area contributed by atoms with Crippen LogP contribution < -0.4 is 4.74 Å². The van der Waals surface area contributed by atoms with Crippen molar-refractivity contribution in [3.63, 3.8) is 0 Å². The van der Waals surface area contributed by atoms with Crippen LogP contribution in [-0.2, 0) is 9.53 Å². The summed E-state index contributed by atoms with van der Waals surface area (Å²) in [5.41, 5.74) is 3.23. The molecule has 2 aliphatic heterocycles. The van der Waals surface area contributed by atoms with Gasteiger partial charge in [-0.3, -0.25) is 9.78 Å². The first-order valence-corrected chi connectivity index (χ1v) is 11.3. The van der Waals surface area contributed by atoms with Crippen LogP contribution in [0.3, 0.4) is 0 Å². The van der Waals surface area contributed by atoms with Gasteiger partial charge in [0.2, 0.25) is 0 Å². The number of ether oxygens (including phenoxy) is 2. The van der Waals surface area contributed by atoms with Crippen molar-refractivity contribution in [2.24, 2.45) is 0 Å². The second-order valence-electron chi connectivity index (χ2n) is 8.44. The second-order valence-corrected chi connectivity index (χ2v) is 8.44. The number of rotatable bonds is 4. The van der Waals surface area contributed by atoms with Crippen LogP contribution in [0.4, 0.5) is 0 Å². The van der Waals surface area contributed by atoms with Crippen LogP contribution in [0.2, 0.25) is 0 Å². The van der Waals surface area contributed by atoms with Crippen LogP contribution in [0.15, 0.2) is 60.8 Å². The van der Waals surface area contributed by atoms with Gasteiger partial charge in [-0.1, -0.05) is 30.3 Å². The number of aromatic nitrogens is 1. The summed E-state index contributed by atoms with van der Waals surface area (Å²) in [7, 11) is 0. The molecule has 1 atom stereocenters. The Morgan fingerprint density at radius 2 is 1.70 bits per heavy atom. The molecule has 2 aromatic carbocycles. The third-order valence-corrected chi connectivity index (χ3v) is 6.29. The monoisotopic (exact) mass is 488 g/mol. The van der Waals surface area contributed by atoms with E-state index >= 15 is 0 Å². The van der Waals surface area contributed by atoms with Crippen molar-refractivity contribution in [2.45, 2.75) is 44.3 Å². The summed E-state index contributed by atoms with van der Waals surface area (Å²) < 4.78 is 11.9. The van der Waals surface area contributed by atoms with Crippen LogP contribution in [-0.4, -0.2) is 47.7 Å². The minimum Gasteiger partial charge on any atom is -0.490 e. The molecule has 33 heavy (non-hydrogen) atoms. The Hall–Kier alpha value is -2.34. The van der Waals surface area contributed by atoms with E-state index in [2.05, 4.69) is 29.2 Å². The molecule has 1 unspecified atom stereocenters. The van der Waals surface area contributed by atoms with E-state index in [-0.39, 0.29) is 42.9 Å². The quantitative estimate of drug-likeness (QED) is 0.473. The van der Waals surface area contributed by atoms with Gasteiger partial charge in [0.25, 0.3) is 5.91 Å². The number of carbonyl (C=O) groups excluding carboxylic acids is 1. The molecule has 2 fully saturated rings. The maximum atomic E-state index is 12.6. The van der Waals surface area contributed by atoms with E-state index in [4.69, 9.17) is 9.47 Å². The van der Waals surface area contributed by atoms with Gasteiger partial charge in [-0.05, 0) is 49.1 Å². The topological polar surface area (TPSA) is 51.7 Å². The Morgan fingerprint density at radius 1 is 0.939 bits per heavy atom. The number of pyridine rings is 1. The molecule has 1 aromatic heterocycles. The average Bonchev–Trinajstić information content (AvgIpc) is 2.85. The number of carbonyl (C=O) groups is 1. The highest BCUT2D eigenvalue weighted by Crippen LogP contribution is 2.27. The minimum absolute atomic E-state index is 0. The van der Waals surface area contributed by atoms with Gasteiger partial charge in [-0.2, -0.15) is 0 Å². The lowest BCUT2D eigenvalue weighted by Gasteiger charge is -2.35. The molecule has 2 saturated heterocycles. The molecular weight excluding hydrogens is 459 g/mol. The lowest BCUT2D eigenvalue weighted by Crippen LogP contribution is -2.47. The Morgan fingerprint density at radius 3 is 2.42 bits per heavy atom. The fourth-order valence-electron chi connectivity index (χ4n) is 4.48. The van der Waals surface area contributed by atoms with Gasteiger partial charge in [-0.25, -0.2) is 0 Å². The largest absolute Gasteiger partial charge is 0.490 e. The van der Waals surface area contributed by atoms with Crippen molar-refractivity contribution >= 4 is 41.6 Å². The molecule has 0 aliphatic carbocycles. The fraction of sp³-hybridized carbons (Fsp3) is 0.385. The standard InChI is InChI=1S/C26H28N2O3.2ClH/c29-26(25-7-3-4-16-30-25)28-14-12-23(13-15-28)31-22-10-8-19(9-11-22)21-17-20-5-1-2-6-24(20)27-18-21;;/h1-2,5-6,8-11,17-18,23,25H,3-4,7,12-16H2;2*1H. The number of amides is 1. The maximum Gasteiger partial charge on any atom is 0.251 e. The van der Waals surface area contributed by atoms with E-state index in [0.29, 0.717) is 6.61 Å². The van der Waals surface area contributed by atoms with Crippen molar-refractivity contribution in [3.8, 4) is 16.9 Å². The van der Waals surface area contributed by atoms with Crippen molar-refractivity contribution in [3.05, 3.63) is 60.8 Å². The highest BCUT2D eigenvalue weighted by molar-refractivity contribution is 5.86. The zero-order valence-corrected chi connectivity index (χ0v) is 20.2. The molecule has 176 valence electrons. The molecule has 7 heteroatoms. The lowest BCUT2D eigenvalue weighted by molar-refractivity contribution is -0.148. The molecule has 0 saturated carbocycles. The average molecular weight is 489 g/mol. The van der Waals surface area contributed by atoms with Crippen molar-refractivity contribution in [1.29, 1.82) is 0 Å². The summed E-state index contributed by atoms with van der Waals surface area (Å²) >= 11 is 0. The summed E-state index contributed by atoms with van der Waals surface area (Å²) in [6, 6.07) is 18.5. The Kier molecular flexibility index (Phi) is 8.95. The third kappa shape index (κ3) is 5.97. The van der Waals surface area contributed by atoms with E-state index in [0.717, 1.165) is 73.0 Å². The summed E-state index contributed by atoms with van der Waals surface area (Å²) in [5.74, 6) is 1.03. The fourth-order valence-corrected chi connectivity index (χ4v) is 4.48. The molecular formula is C26H30Cl2N2O3. The summed E-state index contributed by atoms with van der Waals surface area (Å²) in [6.45, 7) is 2.19. The molecule has 5 nitrogen and oxygen atoms in total. The first kappa shape index (κ1) is 25.3. The zero-order valence-electron chi connectivity index (χ0n) is 18.5. The lowest BCUT2D eigenvalue weighted by atomic mass is 10.0. The van der Waals surface area contributed by atoms with Gasteiger partial charge in [0, 0.05) is 49.7 Å². The van der Waals surface area contributed by atoms with Crippen molar-refractivity contribution < 1.29 is 14.3 Å². The number of hydrogen-bond acceptors (Lipinski definition) is 4. The van der Waals surface area contributed by atoms with Gasteiger partial charge >= 0.3 is 0 Å². The third-order valence-electron chi connectivity index (χ3n) is 6.29. The summed E-state index contributed by atoms with van der Waals surface area (Å²) in [6.07, 6.45) is 6.55.